The molecule has 2 nitrogen and oxygen atoms in total. The van der Waals surface area contributed by atoms with E-state index in [0.29, 0.717) is 12.5 Å². The Hall–Kier alpha value is -1.02. The molecule has 20 heavy (non-hydrogen) atoms. The smallest absolute Gasteiger partial charge is 0.119 e. The largest absolute Gasteiger partial charge is 0.489 e. The Balaban J connectivity index is 1.53. The quantitative estimate of drug-likeness (QED) is 0.910. The van der Waals surface area contributed by atoms with Crippen LogP contribution in [0.15, 0.2) is 30.3 Å². The molecule has 1 unspecified atom stereocenters. The molecule has 0 amide bonds. The Kier molecular flexibility index (Phi) is 3.22. The Morgan fingerprint density at radius 1 is 0.950 bits per heavy atom. The molecule has 1 aromatic carbocycles. The van der Waals surface area contributed by atoms with E-state index in [1.165, 1.54) is 32.1 Å². The predicted molar refractivity (Wildman–Crippen MR) is 80.4 cm³/mol. The van der Waals surface area contributed by atoms with Crippen molar-refractivity contribution in [3.63, 3.8) is 0 Å². The van der Waals surface area contributed by atoms with Crippen LogP contribution in [0.1, 0.15) is 32.1 Å². The fourth-order valence-electron chi connectivity index (χ4n) is 5.53. The van der Waals surface area contributed by atoms with E-state index < -0.39 is 0 Å². The van der Waals surface area contributed by atoms with Gasteiger partial charge in [0.15, 0.2) is 0 Å². The molecule has 4 aliphatic rings. The maximum absolute atomic E-state index is 6.26. The van der Waals surface area contributed by atoms with Crippen LogP contribution in [0.4, 0.5) is 0 Å². The van der Waals surface area contributed by atoms with E-state index >= 15 is 0 Å². The van der Waals surface area contributed by atoms with Gasteiger partial charge in [0, 0.05) is 12.5 Å². The topological polar surface area (TPSA) is 35.2 Å². The average molecular weight is 271 g/mol. The van der Waals surface area contributed by atoms with E-state index in [-0.39, 0.29) is 6.10 Å². The van der Waals surface area contributed by atoms with Crippen LogP contribution in [-0.4, -0.2) is 12.6 Å². The lowest BCUT2D eigenvalue weighted by atomic mass is 9.51. The molecule has 4 aliphatic carbocycles. The van der Waals surface area contributed by atoms with Gasteiger partial charge in [-0.15, -0.1) is 0 Å². The highest BCUT2D eigenvalue weighted by atomic mass is 16.5. The molecule has 0 spiro atoms. The summed E-state index contributed by atoms with van der Waals surface area (Å²) in [5.74, 6) is 5.48. The van der Waals surface area contributed by atoms with Crippen molar-refractivity contribution in [2.45, 2.75) is 38.2 Å². The zero-order chi connectivity index (χ0) is 13.5. The predicted octanol–water partition coefficient (Wildman–Crippen LogP) is 3.47. The number of para-hydroxylation sites is 1. The van der Waals surface area contributed by atoms with Crippen molar-refractivity contribution in [1.29, 1.82) is 0 Å². The monoisotopic (exact) mass is 271 g/mol. The van der Waals surface area contributed by atoms with Crippen molar-refractivity contribution >= 4 is 0 Å². The fourth-order valence-corrected chi connectivity index (χ4v) is 5.53. The van der Waals surface area contributed by atoms with Crippen LogP contribution in [0.3, 0.4) is 0 Å². The summed E-state index contributed by atoms with van der Waals surface area (Å²) in [5, 5.41) is 0. The molecule has 108 valence electrons. The summed E-state index contributed by atoms with van der Waals surface area (Å²) < 4.78 is 6.26. The van der Waals surface area contributed by atoms with Crippen molar-refractivity contribution in [2.75, 3.05) is 6.54 Å². The third kappa shape index (κ3) is 2.14. The van der Waals surface area contributed by atoms with E-state index in [9.17, 15) is 0 Å². The lowest BCUT2D eigenvalue weighted by Crippen LogP contribution is -2.52. The van der Waals surface area contributed by atoms with Gasteiger partial charge in [-0.25, -0.2) is 0 Å². The third-order valence-corrected chi connectivity index (χ3v) is 5.99. The standard InChI is InChI=1S/C18H25NO/c19-11-17(20-16-4-2-1-3-5-16)18-14-7-12-6-13(9-14)10-15(18)8-12/h1-5,12-15,17-18H,6-11,19H2. The summed E-state index contributed by atoms with van der Waals surface area (Å²) in [5.41, 5.74) is 6.08. The Morgan fingerprint density at radius 3 is 2.10 bits per heavy atom. The zero-order valence-corrected chi connectivity index (χ0v) is 12.1. The molecule has 1 aromatic rings. The van der Waals surface area contributed by atoms with Crippen LogP contribution in [0.25, 0.3) is 0 Å². The zero-order valence-electron chi connectivity index (χ0n) is 12.1. The van der Waals surface area contributed by atoms with Crippen molar-refractivity contribution < 1.29 is 4.74 Å². The second kappa shape index (κ2) is 5.07. The first-order valence-corrected chi connectivity index (χ1v) is 8.25. The van der Waals surface area contributed by atoms with E-state index in [1.54, 1.807) is 0 Å². The van der Waals surface area contributed by atoms with E-state index in [1.807, 2.05) is 18.2 Å². The van der Waals surface area contributed by atoms with Gasteiger partial charge in [0.25, 0.3) is 0 Å². The molecule has 2 heteroatoms. The van der Waals surface area contributed by atoms with Gasteiger partial charge in [0.2, 0.25) is 0 Å². The van der Waals surface area contributed by atoms with Crippen molar-refractivity contribution in [1.82, 2.24) is 0 Å². The minimum absolute atomic E-state index is 0.215. The number of benzene rings is 1. The van der Waals surface area contributed by atoms with Crippen molar-refractivity contribution in [3.8, 4) is 5.75 Å². The minimum atomic E-state index is 0.215. The Morgan fingerprint density at radius 2 is 1.55 bits per heavy atom. The number of hydrogen-bond acceptors (Lipinski definition) is 2. The van der Waals surface area contributed by atoms with E-state index in [0.717, 1.165) is 29.4 Å². The van der Waals surface area contributed by atoms with Crippen LogP contribution in [-0.2, 0) is 0 Å². The highest BCUT2D eigenvalue weighted by molar-refractivity contribution is 5.21. The Bertz CT molecular complexity index is 430. The molecule has 4 saturated carbocycles. The molecule has 0 aromatic heterocycles. The molecule has 2 N–H and O–H groups in total. The van der Waals surface area contributed by atoms with Crippen molar-refractivity contribution in [3.05, 3.63) is 30.3 Å². The van der Waals surface area contributed by atoms with Crippen LogP contribution >= 0.6 is 0 Å². The van der Waals surface area contributed by atoms with Gasteiger partial charge < -0.3 is 10.5 Å². The molecule has 0 saturated heterocycles. The normalized spacial score (nSPS) is 39.8. The molecule has 1 atom stereocenters. The molecular formula is C18H25NO. The summed E-state index contributed by atoms with van der Waals surface area (Å²) in [6.07, 6.45) is 7.47. The van der Waals surface area contributed by atoms with E-state index in [2.05, 4.69) is 12.1 Å². The van der Waals surface area contributed by atoms with Gasteiger partial charge >= 0.3 is 0 Å². The minimum Gasteiger partial charge on any atom is -0.489 e. The Labute approximate surface area is 121 Å². The van der Waals surface area contributed by atoms with Gasteiger partial charge in [0.05, 0.1) is 0 Å². The van der Waals surface area contributed by atoms with Crippen LogP contribution in [0, 0.1) is 29.6 Å². The van der Waals surface area contributed by atoms with Gasteiger partial charge in [-0.1, -0.05) is 18.2 Å². The third-order valence-electron chi connectivity index (χ3n) is 5.99. The average Bonchev–Trinajstić information content (AvgIpc) is 2.46. The van der Waals surface area contributed by atoms with Gasteiger partial charge in [-0.05, 0) is 67.9 Å². The van der Waals surface area contributed by atoms with Crippen LogP contribution < -0.4 is 10.5 Å². The second-order valence-corrected chi connectivity index (χ2v) is 7.21. The molecule has 0 aliphatic heterocycles. The summed E-state index contributed by atoms with van der Waals surface area (Å²) in [6, 6.07) is 10.2. The second-order valence-electron chi connectivity index (χ2n) is 7.21. The lowest BCUT2D eigenvalue weighted by Gasteiger charge is -2.56. The van der Waals surface area contributed by atoms with Crippen LogP contribution in [0.2, 0.25) is 0 Å². The van der Waals surface area contributed by atoms with Gasteiger partial charge in [0.1, 0.15) is 11.9 Å². The summed E-state index contributed by atoms with van der Waals surface area (Å²) >= 11 is 0. The van der Waals surface area contributed by atoms with Gasteiger partial charge in [-0.3, -0.25) is 0 Å². The lowest BCUT2D eigenvalue weighted by molar-refractivity contribution is -0.0793. The SMILES string of the molecule is NCC(Oc1ccccc1)C1C2CC3CC(C2)CC1C3. The highest BCUT2D eigenvalue weighted by Crippen LogP contribution is 2.57. The number of nitrogens with two attached hydrogens (primary N) is 1. The molecule has 0 radical (unpaired) electrons. The first-order chi connectivity index (χ1) is 9.83. The van der Waals surface area contributed by atoms with Crippen LogP contribution in [0.5, 0.6) is 5.75 Å². The molecule has 4 fully saturated rings. The molecule has 4 bridgehead atoms. The van der Waals surface area contributed by atoms with Crippen molar-refractivity contribution in [2.24, 2.45) is 35.3 Å². The first-order valence-electron chi connectivity index (χ1n) is 8.25. The number of hydrogen-bond donors (Lipinski definition) is 1. The molecular weight excluding hydrogens is 246 g/mol. The van der Waals surface area contributed by atoms with Gasteiger partial charge in [-0.2, -0.15) is 0 Å². The highest BCUT2D eigenvalue weighted by Gasteiger charge is 2.50. The molecule has 5 rings (SSSR count). The number of rotatable bonds is 4. The maximum atomic E-state index is 6.26. The fraction of sp³-hybridized carbons (Fsp3) is 0.667. The maximum Gasteiger partial charge on any atom is 0.119 e. The first kappa shape index (κ1) is 12.7. The summed E-state index contributed by atoms with van der Waals surface area (Å²) in [4.78, 5) is 0. The number of ether oxygens (including phenoxy) is 1. The summed E-state index contributed by atoms with van der Waals surface area (Å²) in [7, 11) is 0. The summed E-state index contributed by atoms with van der Waals surface area (Å²) in [6.45, 7) is 0.655. The van der Waals surface area contributed by atoms with E-state index in [4.69, 9.17) is 10.5 Å². The molecule has 0 heterocycles.